The third kappa shape index (κ3) is 5.40. The van der Waals surface area contributed by atoms with Crippen LogP contribution < -0.4 is 5.63 Å². The molecule has 0 unspecified atom stereocenters. The molecular formula is C21H32O3. The zero-order valence-corrected chi connectivity index (χ0v) is 16.2. The van der Waals surface area contributed by atoms with E-state index < -0.39 is 5.63 Å². The first-order valence-electron chi connectivity index (χ1n) is 8.87. The molecule has 0 saturated carbocycles. The maximum absolute atomic E-state index is 11.8. The van der Waals surface area contributed by atoms with Gasteiger partial charge < -0.3 is 9.52 Å². The summed E-state index contributed by atoms with van der Waals surface area (Å²) in [5.74, 6) is 1.73. The highest BCUT2D eigenvalue weighted by molar-refractivity contribution is 5.66. The van der Waals surface area contributed by atoms with Gasteiger partial charge in [-0.15, -0.1) is 0 Å². The van der Waals surface area contributed by atoms with Crippen molar-refractivity contribution in [3.05, 3.63) is 45.0 Å². The molecule has 0 amide bonds. The standard InChI is InChI=1S/C21H32O3/c1-8-9-13(2)10-14(3)11-15(4)12-16(5)20-17(6)19(22)18(7)21(23)24-20/h11-14,22H,8-10H2,1-7H3/b15-11+,16-12-/t13-,14-/m0/s1. The molecule has 0 fully saturated rings. The fourth-order valence-corrected chi connectivity index (χ4v) is 3.32. The molecule has 0 radical (unpaired) electrons. The summed E-state index contributed by atoms with van der Waals surface area (Å²) < 4.78 is 5.37. The summed E-state index contributed by atoms with van der Waals surface area (Å²) in [6.07, 6.45) is 7.94. The summed E-state index contributed by atoms with van der Waals surface area (Å²) >= 11 is 0. The molecule has 1 N–H and O–H groups in total. The van der Waals surface area contributed by atoms with Gasteiger partial charge in [-0.25, -0.2) is 4.79 Å². The van der Waals surface area contributed by atoms with Gasteiger partial charge in [0.25, 0.3) is 0 Å². The van der Waals surface area contributed by atoms with Gasteiger partial charge in [-0.05, 0) is 51.5 Å². The predicted molar refractivity (Wildman–Crippen MR) is 101 cm³/mol. The van der Waals surface area contributed by atoms with Gasteiger partial charge in [0.2, 0.25) is 0 Å². The van der Waals surface area contributed by atoms with Gasteiger partial charge in [-0.1, -0.05) is 51.3 Å². The molecule has 1 aromatic heterocycles. The van der Waals surface area contributed by atoms with Gasteiger partial charge in [-0.2, -0.15) is 0 Å². The minimum atomic E-state index is -0.482. The second-order valence-electron chi connectivity index (χ2n) is 7.16. The van der Waals surface area contributed by atoms with Crippen LogP contribution in [0.4, 0.5) is 0 Å². The first kappa shape index (κ1) is 20.3. The zero-order valence-electron chi connectivity index (χ0n) is 16.2. The van der Waals surface area contributed by atoms with E-state index in [9.17, 15) is 9.90 Å². The fraction of sp³-hybridized carbons (Fsp3) is 0.571. The summed E-state index contributed by atoms with van der Waals surface area (Å²) in [5.41, 5.74) is 2.38. The van der Waals surface area contributed by atoms with Crippen molar-refractivity contribution in [3.63, 3.8) is 0 Å². The molecule has 134 valence electrons. The van der Waals surface area contributed by atoms with Crippen LogP contribution in [0.5, 0.6) is 5.75 Å². The molecule has 0 aliphatic heterocycles. The Labute approximate surface area is 146 Å². The second-order valence-corrected chi connectivity index (χ2v) is 7.16. The SMILES string of the molecule is CCC[C@H](C)C[C@H](C)/C=C(C)/C=C(/C)c1oc(=O)c(C)c(O)c1C. The van der Waals surface area contributed by atoms with Crippen molar-refractivity contribution in [1.82, 2.24) is 0 Å². The molecule has 1 rings (SSSR count). The molecule has 0 saturated heterocycles. The topological polar surface area (TPSA) is 50.4 Å². The van der Waals surface area contributed by atoms with E-state index in [2.05, 4.69) is 33.8 Å². The highest BCUT2D eigenvalue weighted by atomic mass is 16.4. The van der Waals surface area contributed by atoms with Crippen LogP contribution in [0.1, 0.15) is 70.8 Å². The first-order valence-corrected chi connectivity index (χ1v) is 8.87. The van der Waals surface area contributed by atoms with Crippen molar-refractivity contribution >= 4 is 5.57 Å². The highest BCUT2D eigenvalue weighted by Crippen LogP contribution is 2.27. The maximum atomic E-state index is 11.8. The average molecular weight is 332 g/mol. The maximum Gasteiger partial charge on any atom is 0.342 e. The Morgan fingerprint density at radius 3 is 2.42 bits per heavy atom. The van der Waals surface area contributed by atoms with E-state index in [1.165, 1.54) is 19.3 Å². The summed E-state index contributed by atoms with van der Waals surface area (Å²) in [7, 11) is 0. The lowest BCUT2D eigenvalue weighted by atomic mass is 9.92. The van der Waals surface area contributed by atoms with Gasteiger partial charge in [0.15, 0.2) is 0 Å². The normalized spacial score (nSPS) is 15.5. The molecule has 24 heavy (non-hydrogen) atoms. The highest BCUT2D eigenvalue weighted by Gasteiger charge is 2.14. The third-order valence-electron chi connectivity index (χ3n) is 4.46. The minimum Gasteiger partial charge on any atom is -0.507 e. The lowest BCUT2D eigenvalue weighted by Gasteiger charge is -2.14. The molecular weight excluding hydrogens is 300 g/mol. The largest absolute Gasteiger partial charge is 0.507 e. The molecule has 0 bridgehead atoms. The van der Waals surface area contributed by atoms with E-state index in [4.69, 9.17) is 4.42 Å². The van der Waals surface area contributed by atoms with E-state index >= 15 is 0 Å². The van der Waals surface area contributed by atoms with Crippen LogP contribution in [0.25, 0.3) is 5.57 Å². The van der Waals surface area contributed by atoms with Gasteiger partial charge in [0, 0.05) is 5.56 Å². The second kappa shape index (κ2) is 8.91. The molecule has 2 atom stereocenters. The quantitative estimate of drug-likeness (QED) is 0.644. The zero-order chi connectivity index (χ0) is 18.4. The van der Waals surface area contributed by atoms with Crippen molar-refractivity contribution in [2.24, 2.45) is 11.8 Å². The molecule has 1 aromatic rings. The van der Waals surface area contributed by atoms with Crippen LogP contribution in [-0.4, -0.2) is 5.11 Å². The Balaban J connectivity index is 3.00. The molecule has 3 nitrogen and oxygen atoms in total. The third-order valence-corrected chi connectivity index (χ3v) is 4.46. The van der Waals surface area contributed by atoms with Crippen LogP contribution >= 0.6 is 0 Å². The molecule has 0 aliphatic carbocycles. The Morgan fingerprint density at radius 1 is 1.21 bits per heavy atom. The number of aromatic hydroxyl groups is 1. The van der Waals surface area contributed by atoms with E-state index in [0.29, 0.717) is 17.2 Å². The number of hydrogen-bond acceptors (Lipinski definition) is 3. The van der Waals surface area contributed by atoms with Crippen molar-refractivity contribution in [2.75, 3.05) is 0 Å². The van der Waals surface area contributed by atoms with Crippen molar-refractivity contribution < 1.29 is 9.52 Å². The lowest BCUT2D eigenvalue weighted by molar-refractivity contribution is 0.428. The average Bonchev–Trinajstić information content (AvgIpc) is 2.48. The molecule has 1 heterocycles. The number of rotatable bonds is 7. The molecule has 0 aliphatic rings. The Morgan fingerprint density at radius 2 is 1.83 bits per heavy atom. The Hall–Kier alpha value is -1.77. The van der Waals surface area contributed by atoms with Crippen LogP contribution in [0.3, 0.4) is 0 Å². The molecule has 0 aromatic carbocycles. The predicted octanol–water partition coefficient (Wildman–Crippen LogP) is 5.77. The summed E-state index contributed by atoms with van der Waals surface area (Å²) in [5, 5.41) is 10.0. The fourth-order valence-electron chi connectivity index (χ4n) is 3.32. The van der Waals surface area contributed by atoms with Crippen LogP contribution in [0.2, 0.25) is 0 Å². The molecule has 3 heteroatoms. The Kier molecular flexibility index (Phi) is 7.53. The van der Waals surface area contributed by atoms with Gasteiger partial charge >= 0.3 is 5.63 Å². The smallest absolute Gasteiger partial charge is 0.342 e. The summed E-state index contributed by atoms with van der Waals surface area (Å²) in [4.78, 5) is 11.8. The summed E-state index contributed by atoms with van der Waals surface area (Å²) in [6, 6.07) is 0. The van der Waals surface area contributed by atoms with Crippen molar-refractivity contribution in [1.29, 1.82) is 0 Å². The van der Waals surface area contributed by atoms with Gasteiger partial charge in [0.05, 0.1) is 5.56 Å². The van der Waals surface area contributed by atoms with E-state index in [0.717, 1.165) is 17.1 Å². The van der Waals surface area contributed by atoms with Crippen LogP contribution in [0, 0.1) is 25.7 Å². The Bertz CT molecular complexity index is 677. The monoisotopic (exact) mass is 332 g/mol. The van der Waals surface area contributed by atoms with E-state index in [-0.39, 0.29) is 11.3 Å². The lowest BCUT2D eigenvalue weighted by Crippen LogP contribution is -2.07. The van der Waals surface area contributed by atoms with Crippen molar-refractivity contribution in [2.45, 2.75) is 67.7 Å². The van der Waals surface area contributed by atoms with Crippen LogP contribution in [-0.2, 0) is 0 Å². The first-order chi connectivity index (χ1) is 11.2. The number of hydrogen-bond donors (Lipinski definition) is 1. The number of allylic oxidation sites excluding steroid dienone is 4. The molecule has 0 spiro atoms. The van der Waals surface area contributed by atoms with Crippen LogP contribution in [0.15, 0.2) is 26.9 Å². The summed E-state index contributed by atoms with van der Waals surface area (Å²) in [6.45, 7) is 14.1. The van der Waals surface area contributed by atoms with Gasteiger partial charge in [-0.3, -0.25) is 0 Å². The van der Waals surface area contributed by atoms with Crippen molar-refractivity contribution in [3.8, 4) is 5.75 Å². The van der Waals surface area contributed by atoms with E-state index in [1.54, 1.807) is 13.8 Å². The van der Waals surface area contributed by atoms with Gasteiger partial charge in [0.1, 0.15) is 11.5 Å². The minimum absolute atomic E-state index is 0.0254. The van der Waals surface area contributed by atoms with E-state index in [1.807, 2.05) is 13.0 Å².